The fraction of sp³-hybridized carbons (Fsp3) is 0.636. The average molecular weight is 438 g/mol. The van der Waals surface area contributed by atoms with E-state index >= 15 is 0 Å². The molecule has 0 aliphatic carbocycles. The predicted octanol–water partition coefficient (Wildman–Crippen LogP) is 2.14. The number of piperazine rings is 1. The summed E-state index contributed by atoms with van der Waals surface area (Å²) >= 11 is 5.89. The van der Waals surface area contributed by atoms with Crippen molar-refractivity contribution in [3.63, 3.8) is 0 Å². The first-order valence-corrected chi connectivity index (χ1v) is 11.1. The second-order valence-corrected chi connectivity index (χ2v) is 8.37. The first-order chi connectivity index (χ1) is 14.5. The molecule has 7 nitrogen and oxygen atoms in total. The second kappa shape index (κ2) is 11.0. The number of halogens is 1. The molecule has 8 heteroatoms. The van der Waals surface area contributed by atoms with Gasteiger partial charge in [-0.3, -0.25) is 14.5 Å². The van der Waals surface area contributed by atoms with Crippen LogP contribution in [0.3, 0.4) is 0 Å². The molecule has 0 N–H and O–H groups in total. The van der Waals surface area contributed by atoms with Gasteiger partial charge in [0.1, 0.15) is 12.4 Å². The smallest absolute Gasteiger partial charge is 0.227 e. The molecule has 2 aliphatic heterocycles. The summed E-state index contributed by atoms with van der Waals surface area (Å²) in [6.07, 6.45) is 1.07. The van der Waals surface area contributed by atoms with Gasteiger partial charge in [0.2, 0.25) is 11.8 Å². The van der Waals surface area contributed by atoms with Gasteiger partial charge in [0.05, 0.1) is 12.5 Å². The first-order valence-electron chi connectivity index (χ1n) is 10.7. The summed E-state index contributed by atoms with van der Waals surface area (Å²) in [5, 5.41) is 0.696. The van der Waals surface area contributed by atoms with Crippen LogP contribution >= 0.6 is 11.6 Å². The number of hydrogen-bond donors (Lipinski definition) is 0. The minimum absolute atomic E-state index is 0.0836. The van der Waals surface area contributed by atoms with Crippen LogP contribution in [0.5, 0.6) is 5.75 Å². The van der Waals surface area contributed by atoms with Gasteiger partial charge in [0.25, 0.3) is 0 Å². The van der Waals surface area contributed by atoms with E-state index < -0.39 is 0 Å². The van der Waals surface area contributed by atoms with E-state index in [1.54, 1.807) is 12.0 Å². The molecule has 0 radical (unpaired) electrons. The highest BCUT2D eigenvalue weighted by Gasteiger charge is 2.39. The van der Waals surface area contributed by atoms with E-state index in [-0.39, 0.29) is 23.8 Å². The van der Waals surface area contributed by atoms with Gasteiger partial charge >= 0.3 is 0 Å². The van der Waals surface area contributed by atoms with Crippen LogP contribution in [-0.4, -0.2) is 92.1 Å². The zero-order valence-electron chi connectivity index (χ0n) is 17.9. The van der Waals surface area contributed by atoms with Crippen LogP contribution in [-0.2, 0) is 14.3 Å². The summed E-state index contributed by atoms with van der Waals surface area (Å²) in [4.78, 5) is 31.4. The molecule has 2 saturated heterocycles. The van der Waals surface area contributed by atoms with E-state index in [9.17, 15) is 9.59 Å². The topological polar surface area (TPSA) is 62.3 Å². The Hall–Kier alpha value is -1.83. The number of piperidine rings is 1. The Morgan fingerprint density at radius 1 is 1.10 bits per heavy atom. The zero-order valence-corrected chi connectivity index (χ0v) is 18.6. The second-order valence-electron chi connectivity index (χ2n) is 7.94. The molecule has 0 saturated carbocycles. The number of hydrogen-bond acceptors (Lipinski definition) is 5. The maximum atomic E-state index is 13.1. The van der Waals surface area contributed by atoms with Crippen LogP contribution < -0.4 is 4.74 Å². The Balaban J connectivity index is 1.43. The molecule has 1 aromatic carbocycles. The van der Waals surface area contributed by atoms with Crippen molar-refractivity contribution in [1.82, 2.24) is 14.7 Å². The Morgan fingerprint density at radius 3 is 2.47 bits per heavy atom. The summed E-state index contributed by atoms with van der Waals surface area (Å²) in [5.41, 5.74) is 0. The molecule has 1 aromatic rings. The number of benzene rings is 1. The van der Waals surface area contributed by atoms with Crippen molar-refractivity contribution in [2.24, 2.45) is 5.92 Å². The van der Waals surface area contributed by atoms with E-state index in [1.807, 2.05) is 36.1 Å². The molecule has 2 atom stereocenters. The number of ether oxygens (including phenoxy) is 2. The van der Waals surface area contributed by atoms with Crippen LogP contribution in [0, 0.1) is 5.92 Å². The van der Waals surface area contributed by atoms with Crippen LogP contribution in [0.1, 0.15) is 19.8 Å². The number of carbonyl (C=O) groups excluding carboxylic acids is 2. The summed E-state index contributed by atoms with van der Waals surface area (Å²) in [6.45, 7) is 7.56. The van der Waals surface area contributed by atoms with Gasteiger partial charge in [-0.2, -0.15) is 0 Å². The van der Waals surface area contributed by atoms with Crippen molar-refractivity contribution in [1.29, 1.82) is 0 Å². The quantitative estimate of drug-likeness (QED) is 0.623. The van der Waals surface area contributed by atoms with Gasteiger partial charge in [-0.05, 0) is 37.6 Å². The maximum Gasteiger partial charge on any atom is 0.227 e. The molecule has 0 bridgehead atoms. The number of rotatable bonds is 8. The van der Waals surface area contributed by atoms with Gasteiger partial charge in [-0.1, -0.05) is 11.6 Å². The summed E-state index contributed by atoms with van der Waals surface area (Å²) in [7, 11) is 1.63. The molecular formula is C22H32ClN3O4. The highest BCUT2D eigenvalue weighted by atomic mass is 35.5. The summed E-state index contributed by atoms with van der Waals surface area (Å²) < 4.78 is 10.9. The van der Waals surface area contributed by atoms with E-state index in [1.165, 1.54) is 0 Å². The Labute approximate surface area is 183 Å². The summed E-state index contributed by atoms with van der Waals surface area (Å²) in [5.74, 6) is 0.981. The van der Waals surface area contributed by atoms with E-state index in [0.29, 0.717) is 37.6 Å². The highest BCUT2D eigenvalue weighted by Crippen LogP contribution is 2.26. The molecule has 2 amide bonds. The first kappa shape index (κ1) is 22.8. The summed E-state index contributed by atoms with van der Waals surface area (Å²) in [6, 6.07) is 7.28. The van der Waals surface area contributed by atoms with Gasteiger partial charge in [-0.25, -0.2) is 0 Å². The maximum absolute atomic E-state index is 13.1. The van der Waals surface area contributed by atoms with Crippen molar-refractivity contribution in [3.8, 4) is 5.75 Å². The minimum atomic E-state index is -0.126. The van der Waals surface area contributed by atoms with Crippen molar-refractivity contribution >= 4 is 23.4 Å². The SMILES string of the molecule is COCCN1C(=O)CC[C@@H](C(=O)N2CCN(CCOc3ccc(Cl)cc3)CC2)[C@H]1C. The number of carbonyl (C=O) groups is 2. The fourth-order valence-corrected chi connectivity index (χ4v) is 4.33. The van der Waals surface area contributed by atoms with Crippen LogP contribution in [0.2, 0.25) is 5.02 Å². The lowest BCUT2D eigenvalue weighted by atomic mass is 9.88. The van der Waals surface area contributed by atoms with Gasteiger partial charge in [0.15, 0.2) is 0 Å². The molecule has 2 aliphatic rings. The van der Waals surface area contributed by atoms with E-state index in [2.05, 4.69) is 4.90 Å². The predicted molar refractivity (Wildman–Crippen MR) is 116 cm³/mol. The molecule has 2 heterocycles. The molecule has 30 heavy (non-hydrogen) atoms. The van der Waals surface area contributed by atoms with E-state index in [4.69, 9.17) is 21.1 Å². The Bertz CT molecular complexity index is 707. The van der Waals surface area contributed by atoms with Crippen molar-refractivity contribution in [3.05, 3.63) is 29.3 Å². The zero-order chi connectivity index (χ0) is 21.5. The van der Waals surface area contributed by atoms with Gasteiger partial charge < -0.3 is 19.3 Å². The van der Waals surface area contributed by atoms with Crippen molar-refractivity contribution in [2.45, 2.75) is 25.8 Å². The number of methoxy groups -OCH3 is 1. The largest absolute Gasteiger partial charge is 0.492 e. The molecule has 0 unspecified atom stereocenters. The molecule has 3 rings (SSSR count). The Morgan fingerprint density at radius 2 is 1.80 bits per heavy atom. The monoisotopic (exact) mass is 437 g/mol. The van der Waals surface area contributed by atoms with Crippen molar-refractivity contribution < 1.29 is 19.1 Å². The van der Waals surface area contributed by atoms with Crippen LogP contribution in [0.15, 0.2) is 24.3 Å². The molecular weight excluding hydrogens is 406 g/mol. The minimum Gasteiger partial charge on any atom is -0.492 e. The lowest BCUT2D eigenvalue weighted by molar-refractivity contribution is -0.148. The lowest BCUT2D eigenvalue weighted by Gasteiger charge is -2.42. The normalized spacial score (nSPS) is 23.0. The van der Waals surface area contributed by atoms with Crippen LogP contribution in [0.25, 0.3) is 0 Å². The molecule has 0 spiro atoms. The molecule has 0 aromatic heterocycles. The number of amides is 2. The van der Waals surface area contributed by atoms with Crippen LogP contribution in [0.4, 0.5) is 0 Å². The third-order valence-corrected chi connectivity index (χ3v) is 6.34. The van der Waals surface area contributed by atoms with Gasteiger partial charge in [-0.15, -0.1) is 0 Å². The number of likely N-dealkylation sites (tertiary alicyclic amines) is 1. The third-order valence-electron chi connectivity index (χ3n) is 6.09. The fourth-order valence-electron chi connectivity index (χ4n) is 4.21. The van der Waals surface area contributed by atoms with E-state index in [0.717, 1.165) is 38.5 Å². The number of nitrogens with zero attached hydrogens (tertiary/aromatic N) is 3. The highest BCUT2D eigenvalue weighted by molar-refractivity contribution is 6.30. The molecule has 166 valence electrons. The lowest BCUT2D eigenvalue weighted by Crippen LogP contribution is -2.56. The van der Waals surface area contributed by atoms with Gasteiger partial charge in [0, 0.05) is 63.9 Å². The standard InChI is InChI=1S/C22H32ClN3O4/c1-17-20(7-8-21(27)26(17)14-15-29-2)22(28)25-11-9-24(10-12-25)13-16-30-19-5-3-18(23)4-6-19/h3-6,17,20H,7-16H2,1-2H3/t17-,20-/m1/s1. The third kappa shape index (κ3) is 5.86. The average Bonchev–Trinajstić information content (AvgIpc) is 2.75. The van der Waals surface area contributed by atoms with Crippen molar-refractivity contribution in [2.75, 3.05) is 59.6 Å². The Kier molecular flexibility index (Phi) is 8.36. The molecule has 2 fully saturated rings.